The monoisotopic (exact) mass is 207 g/mol. The van der Waals surface area contributed by atoms with E-state index in [-0.39, 0.29) is 0 Å². The first kappa shape index (κ1) is 13.6. The zero-order valence-electron chi connectivity index (χ0n) is 10.4. The van der Waals surface area contributed by atoms with Crippen LogP contribution in [0.3, 0.4) is 0 Å². The second-order valence-electron chi connectivity index (χ2n) is 2.56. The van der Waals surface area contributed by atoms with Crippen LogP contribution >= 0.6 is 0 Å². The second kappa shape index (κ2) is 7.97. The van der Waals surface area contributed by atoms with Gasteiger partial charge in [0.1, 0.15) is 0 Å². The number of allylic oxidation sites excluding steroid dienone is 1. The number of fused-ring (bicyclic) bond motifs is 1. The van der Waals surface area contributed by atoms with Gasteiger partial charge in [0, 0.05) is 18.9 Å². The van der Waals surface area contributed by atoms with E-state index in [2.05, 4.69) is 14.5 Å². The Labute approximate surface area is 92.6 Å². The molecule has 1 aliphatic rings. The fourth-order valence-corrected chi connectivity index (χ4v) is 1.15. The molecule has 0 spiro atoms. The van der Waals surface area contributed by atoms with E-state index in [4.69, 9.17) is 0 Å². The molecule has 0 aliphatic carbocycles. The highest BCUT2D eigenvalue weighted by Crippen LogP contribution is 2.02. The molecular weight excluding hydrogens is 186 g/mol. The molecule has 3 heteroatoms. The average Bonchev–Trinajstić information content (AvgIpc) is 2.51. The molecule has 15 heavy (non-hydrogen) atoms. The Morgan fingerprint density at radius 1 is 1.20 bits per heavy atom. The number of aliphatic imine (C=N–C) groups is 1. The molecule has 1 aromatic rings. The highest BCUT2D eigenvalue weighted by molar-refractivity contribution is 5.75. The van der Waals surface area contributed by atoms with Crippen molar-refractivity contribution in [3.63, 3.8) is 0 Å². The van der Waals surface area contributed by atoms with Crippen molar-refractivity contribution in [2.24, 2.45) is 4.99 Å². The number of aryl methyl sites for hydroxylation is 1. The lowest BCUT2D eigenvalue weighted by atomic mass is 10.5. The fourth-order valence-electron chi connectivity index (χ4n) is 1.15. The summed E-state index contributed by atoms with van der Waals surface area (Å²) in [6, 6.07) is 0. The van der Waals surface area contributed by atoms with Crippen LogP contribution in [0.2, 0.25) is 0 Å². The zero-order valence-corrected chi connectivity index (χ0v) is 10.4. The first-order valence-corrected chi connectivity index (χ1v) is 5.58. The molecule has 1 aromatic heterocycles. The predicted molar refractivity (Wildman–Crippen MR) is 66.4 cm³/mol. The third-order valence-electron chi connectivity index (χ3n) is 1.61. The summed E-state index contributed by atoms with van der Waals surface area (Å²) in [4.78, 5) is 8.32. The SMILES string of the molecule is CC.CC.Cc1cn2c(n1)C=NC=CC2. The minimum Gasteiger partial charge on any atom is -0.326 e. The topological polar surface area (TPSA) is 30.2 Å². The van der Waals surface area contributed by atoms with Gasteiger partial charge in [-0.25, -0.2) is 4.98 Å². The van der Waals surface area contributed by atoms with Crippen molar-refractivity contribution in [2.75, 3.05) is 0 Å². The summed E-state index contributed by atoms with van der Waals surface area (Å²) < 4.78 is 2.07. The van der Waals surface area contributed by atoms with E-state index in [0.29, 0.717) is 0 Å². The van der Waals surface area contributed by atoms with Crippen LogP contribution in [0.15, 0.2) is 23.5 Å². The van der Waals surface area contributed by atoms with Crippen LogP contribution in [0.1, 0.15) is 39.2 Å². The quantitative estimate of drug-likeness (QED) is 0.642. The second-order valence-corrected chi connectivity index (χ2v) is 2.56. The maximum absolute atomic E-state index is 4.28. The predicted octanol–water partition coefficient (Wildman–Crippen LogP) is 3.19. The number of hydrogen-bond donors (Lipinski definition) is 0. The van der Waals surface area contributed by atoms with E-state index in [9.17, 15) is 0 Å². The van der Waals surface area contributed by atoms with E-state index in [0.717, 1.165) is 18.1 Å². The lowest BCUT2D eigenvalue weighted by molar-refractivity contribution is 0.815. The number of nitrogens with zero attached hydrogens (tertiary/aromatic N) is 3. The molecular formula is C12H21N3. The van der Waals surface area contributed by atoms with Crippen molar-refractivity contribution in [2.45, 2.75) is 41.2 Å². The normalized spacial score (nSPS) is 11.5. The standard InChI is InChI=1S/C8H9N3.2C2H6/c1-7-6-11-4-2-3-9-5-8(11)10-7;2*1-2/h2-3,5-6H,4H2,1H3;2*1-2H3. The van der Waals surface area contributed by atoms with Crippen LogP contribution in [0.4, 0.5) is 0 Å². The number of imidazole rings is 1. The fraction of sp³-hybridized carbons (Fsp3) is 0.500. The molecule has 0 N–H and O–H groups in total. The summed E-state index contributed by atoms with van der Waals surface area (Å²) in [5.41, 5.74) is 1.04. The number of aromatic nitrogens is 2. The van der Waals surface area contributed by atoms with Gasteiger partial charge in [-0.15, -0.1) is 0 Å². The van der Waals surface area contributed by atoms with Crippen LogP contribution in [-0.2, 0) is 6.54 Å². The highest BCUT2D eigenvalue weighted by Gasteiger charge is 2.01. The maximum atomic E-state index is 4.28. The molecule has 0 fully saturated rings. The molecule has 0 unspecified atom stereocenters. The molecule has 2 rings (SSSR count). The van der Waals surface area contributed by atoms with Gasteiger partial charge in [-0.3, -0.25) is 4.99 Å². The van der Waals surface area contributed by atoms with Gasteiger partial charge in [-0.1, -0.05) is 27.7 Å². The maximum Gasteiger partial charge on any atom is 0.151 e. The van der Waals surface area contributed by atoms with Gasteiger partial charge in [0.05, 0.1) is 11.9 Å². The Kier molecular flexibility index (Phi) is 7.24. The summed E-state index contributed by atoms with van der Waals surface area (Å²) in [5.74, 6) is 0.938. The lowest BCUT2D eigenvalue weighted by Gasteiger charge is -1.95. The van der Waals surface area contributed by atoms with Crippen molar-refractivity contribution in [3.05, 3.63) is 30.0 Å². The Balaban J connectivity index is 0.000000442. The number of rotatable bonds is 0. The van der Waals surface area contributed by atoms with Crippen molar-refractivity contribution >= 4 is 6.21 Å². The first-order valence-electron chi connectivity index (χ1n) is 5.58. The van der Waals surface area contributed by atoms with Gasteiger partial charge < -0.3 is 4.57 Å². The third-order valence-corrected chi connectivity index (χ3v) is 1.61. The van der Waals surface area contributed by atoms with Crippen LogP contribution in [0.25, 0.3) is 0 Å². The van der Waals surface area contributed by atoms with Crippen LogP contribution in [0.5, 0.6) is 0 Å². The third kappa shape index (κ3) is 4.11. The van der Waals surface area contributed by atoms with E-state index in [1.807, 2.05) is 46.9 Å². The molecule has 0 radical (unpaired) electrons. The van der Waals surface area contributed by atoms with Gasteiger partial charge in [0.2, 0.25) is 0 Å². The summed E-state index contributed by atoms with van der Waals surface area (Å²) in [6.07, 6.45) is 7.60. The molecule has 3 nitrogen and oxygen atoms in total. The van der Waals surface area contributed by atoms with Gasteiger partial charge >= 0.3 is 0 Å². The van der Waals surface area contributed by atoms with Crippen LogP contribution in [-0.4, -0.2) is 15.8 Å². The highest BCUT2D eigenvalue weighted by atomic mass is 15.1. The molecule has 2 heterocycles. The van der Waals surface area contributed by atoms with E-state index in [1.165, 1.54) is 0 Å². The number of hydrogen-bond acceptors (Lipinski definition) is 2. The Bertz CT molecular complexity index is 322. The Morgan fingerprint density at radius 3 is 2.53 bits per heavy atom. The van der Waals surface area contributed by atoms with E-state index in [1.54, 1.807) is 12.4 Å². The largest absolute Gasteiger partial charge is 0.326 e. The van der Waals surface area contributed by atoms with Gasteiger partial charge in [-0.2, -0.15) is 0 Å². The van der Waals surface area contributed by atoms with Crippen LogP contribution < -0.4 is 0 Å². The van der Waals surface area contributed by atoms with E-state index >= 15 is 0 Å². The minimum absolute atomic E-state index is 0.871. The van der Waals surface area contributed by atoms with Crippen molar-refractivity contribution in [3.8, 4) is 0 Å². The molecule has 0 bridgehead atoms. The summed E-state index contributed by atoms with van der Waals surface area (Å²) >= 11 is 0. The Morgan fingerprint density at radius 2 is 1.87 bits per heavy atom. The molecule has 1 aliphatic heterocycles. The smallest absolute Gasteiger partial charge is 0.151 e. The minimum atomic E-state index is 0.871. The van der Waals surface area contributed by atoms with Gasteiger partial charge in [0.15, 0.2) is 5.82 Å². The van der Waals surface area contributed by atoms with Crippen molar-refractivity contribution in [1.82, 2.24) is 9.55 Å². The summed E-state index contributed by atoms with van der Waals surface area (Å²) in [6.45, 7) is 10.9. The molecule has 0 saturated carbocycles. The summed E-state index contributed by atoms with van der Waals surface area (Å²) in [5, 5.41) is 0. The van der Waals surface area contributed by atoms with Crippen molar-refractivity contribution in [1.29, 1.82) is 0 Å². The average molecular weight is 207 g/mol. The summed E-state index contributed by atoms with van der Waals surface area (Å²) in [7, 11) is 0. The van der Waals surface area contributed by atoms with Crippen LogP contribution in [0, 0.1) is 6.92 Å². The lowest BCUT2D eigenvalue weighted by Crippen LogP contribution is -1.97. The van der Waals surface area contributed by atoms with Gasteiger partial charge in [-0.05, 0) is 13.0 Å². The molecule has 84 valence electrons. The van der Waals surface area contributed by atoms with E-state index < -0.39 is 0 Å². The molecule has 0 saturated heterocycles. The van der Waals surface area contributed by atoms with Gasteiger partial charge in [0.25, 0.3) is 0 Å². The Hall–Kier alpha value is -1.38. The van der Waals surface area contributed by atoms with Crippen molar-refractivity contribution < 1.29 is 0 Å². The molecule has 0 amide bonds. The molecule has 0 atom stereocenters. The first-order chi connectivity index (χ1) is 7.36. The zero-order chi connectivity index (χ0) is 11.7. The molecule has 0 aromatic carbocycles.